The number of alkyl halides is 1. The molecule has 92 valence electrons. The number of hydrogen-bond acceptors (Lipinski definition) is 2. The van der Waals surface area contributed by atoms with Crippen molar-refractivity contribution >= 4 is 34.0 Å². The third-order valence-electron chi connectivity index (χ3n) is 2.77. The van der Waals surface area contributed by atoms with E-state index in [0.29, 0.717) is 12.3 Å². The smallest absolute Gasteiger partial charge is 0.125 e. The second-order valence-corrected chi connectivity index (χ2v) is 5.08. The van der Waals surface area contributed by atoms with E-state index in [9.17, 15) is 4.39 Å². The lowest BCUT2D eigenvalue weighted by molar-refractivity contribution is 0.629. The van der Waals surface area contributed by atoms with Gasteiger partial charge >= 0.3 is 0 Å². The molecule has 2 aromatic heterocycles. The molecule has 0 N–H and O–H groups in total. The van der Waals surface area contributed by atoms with Gasteiger partial charge in [0, 0.05) is 23.7 Å². The SMILES string of the molecule is Fc1ccc2nc(CCCl)n(-c3ccsc3)c2c1. The summed E-state index contributed by atoms with van der Waals surface area (Å²) in [6.45, 7) is 0. The van der Waals surface area contributed by atoms with Gasteiger partial charge in [-0.05, 0) is 23.6 Å². The lowest BCUT2D eigenvalue weighted by Crippen LogP contribution is -2.00. The second-order valence-electron chi connectivity index (χ2n) is 3.92. The van der Waals surface area contributed by atoms with E-state index in [2.05, 4.69) is 4.98 Å². The maximum atomic E-state index is 13.4. The number of fused-ring (bicyclic) bond motifs is 1. The molecular weight excluding hydrogens is 271 g/mol. The predicted molar refractivity (Wildman–Crippen MR) is 73.3 cm³/mol. The van der Waals surface area contributed by atoms with Gasteiger partial charge in [-0.1, -0.05) is 0 Å². The standard InChI is InChI=1S/C13H10ClFN2S/c14-5-3-13-16-11-2-1-9(15)7-12(11)17(13)10-4-6-18-8-10/h1-2,4,6-8H,3,5H2. The number of aryl methyl sites for hydroxylation is 1. The van der Waals surface area contributed by atoms with E-state index >= 15 is 0 Å². The molecule has 0 saturated carbocycles. The van der Waals surface area contributed by atoms with Crippen LogP contribution in [0.1, 0.15) is 5.82 Å². The van der Waals surface area contributed by atoms with Gasteiger partial charge in [0.25, 0.3) is 0 Å². The molecule has 18 heavy (non-hydrogen) atoms. The van der Waals surface area contributed by atoms with Gasteiger partial charge in [0.15, 0.2) is 0 Å². The van der Waals surface area contributed by atoms with Crippen molar-refractivity contribution in [3.63, 3.8) is 0 Å². The van der Waals surface area contributed by atoms with Crippen LogP contribution in [0.5, 0.6) is 0 Å². The molecule has 2 nitrogen and oxygen atoms in total. The van der Waals surface area contributed by atoms with E-state index in [0.717, 1.165) is 22.5 Å². The van der Waals surface area contributed by atoms with Gasteiger partial charge in [0.1, 0.15) is 11.6 Å². The van der Waals surface area contributed by atoms with E-state index < -0.39 is 0 Å². The Morgan fingerprint density at radius 3 is 2.94 bits per heavy atom. The number of hydrogen-bond donors (Lipinski definition) is 0. The average Bonchev–Trinajstić information content (AvgIpc) is 2.95. The zero-order valence-electron chi connectivity index (χ0n) is 9.44. The van der Waals surface area contributed by atoms with E-state index in [1.807, 2.05) is 21.4 Å². The summed E-state index contributed by atoms with van der Waals surface area (Å²) in [5.41, 5.74) is 2.59. The van der Waals surface area contributed by atoms with E-state index in [4.69, 9.17) is 11.6 Å². The molecule has 0 aliphatic heterocycles. The Kier molecular flexibility index (Phi) is 3.06. The molecule has 0 aliphatic carbocycles. The van der Waals surface area contributed by atoms with Crippen LogP contribution in [-0.2, 0) is 6.42 Å². The quantitative estimate of drug-likeness (QED) is 0.663. The lowest BCUT2D eigenvalue weighted by atomic mass is 10.3. The van der Waals surface area contributed by atoms with Crippen LogP contribution in [-0.4, -0.2) is 15.4 Å². The van der Waals surface area contributed by atoms with E-state index in [1.165, 1.54) is 12.1 Å². The molecule has 5 heteroatoms. The number of thiophene rings is 1. The second kappa shape index (κ2) is 4.71. The number of aromatic nitrogens is 2. The molecule has 0 radical (unpaired) electrons. The third-order valence-corrected chi connectivity index (χ3v) is 3.63. The highest BCUT2D eigenvalue weighted by atomic mass is 35.5. The number of imidazole rings is 1. The van der Waals surface area contributed by atoms with Crippen molar-refractivity contribution in [1.29, 1.82) is 0 Å². The zero-order chi connectivity index (χ0) is 12.5. The monoisotopic (exact) mass is 280 g/mol. The number of benzene rings is 1. The van der Waals surface area contributed by atoms with Crippen LogP contribution >= 0.6 is 22.9 Å². The highest BCUT2D eigenvalue weighted by Gasteiger charge is 2.12. The van der Waals surface area contributed by atoms with Crippen LogP contribution in [0, 0.1) is 5.82 Å². The summed E-state index contributed by atoms with van der Waals surface area (Å²) in [5, 5.41) is 4.01. The molecule has 0 atom stereocenters. The number of halogens is 2. The average molecular weight is 281 g/mol. The fourth-order valence-electron chi connectivity index (χ4n) is 2.02. The first-order valence-electron chi connectivity index (χ1n) is 5.55. The van der Waals surface area contributed by atoms with Gasteiger partial charge in [-0.2, -0.15) is 11.3 Å². The number of rotatable bonds is 3. The first-order valence-corrected chi connectivity index (χ1v) is 7.03. The van der Waals surface area contributed by atoms with Crippen molar-refractivity contribution in [3.05, 3.63) is 46.7 Å². The Morgan fingerprint density at radius 1 is 1.33 bits per heavy atom. The van der Waals surface area contributed by atoms with Crippen LogP contribution < -0.4 is 0 Å². The van der Waals surface area contributed by atoms with Gasteiger partial charge < -0.3 is 0 Å². The van der Waals surface area contributed by atoms with Crippen LogP contribution in [0.3, 0.4) is 0 Å². The summed E-state index contributed by atoms with van der Waals surface area (Å²) >= 11 is 7.41. The first kappa shape index (κ1) is 11.7. The zero-order valence-corrected chi connectivity index (χ0v) is 11.0. The van der Waals surface area contributed by atoms with Crippen molar-refractivity contribution in [2.24, 2.45) is 0 Å². The topological polar surface area (TPSA) is 17.8 Å². The van der Waals surface area contributed by atoms with Gasteiger partial charge in [-0.25, -0.2) is 9.37 Å². The maximum absolute atomic E-state index is 13.4. The molecule has 0 spiro atoms. The normalized spacial score (nSPS) is 11.2. The fourth-order valence-corrected chi connectivity index (χ4v) is 2.81. The van der Waals surface area contributed by atoms with Crippen LogP contribution in [0.2, 0.25) is 0 Å². The molecule has 2 heterocycles. The molecule has 0 bridgehead atoms. The minimum absolute atomic E-state index is 0.253. The Balaban J connectivity index is 2.30. The molecule has 3 rings (SSSR count). The van der Waals surface area contributed by atoms with Gasteiger partial charge in [0.2, 0.25) is 0 Å². The van der Waals surface area contributed by atoms with Crippen molar-refractivity contribution in [2.75, 3.05) is 5.88 Å². The number of nitrogens with zero attached hydrogens (tertiary/aromatic N) is 2. The fraction of sp³-hybridized carbons (Fsp3) is 0.154. The van der Waals surface area contributed by atoms with Crippen molar-refractivity contribution in [3.8, 4) is 5.69 Å². The highest BCUT2D eigenvalue weighted by Crippen LogP contribution is 2.24. The third kappa shape index (κ3) is 1.91. The molecule has 0 amide bonds. The Labute approximate surface area is 113 Å². The highest BCUT2D eigenvalue weighted by molar-refractivity contribution is 7.08. The Bertz CT molecular complexity index is 676. The molecule has 0 unspecified atom stereocenters. The maximum Gasteiger partial charge on any atom is 0.125 e. The minimum Gasteiger partial charge on any atom is -0.295 e. The molecule has 1 aromatic carbocycles. The largest absolute Gasteiger partial charge is 0.295 e. The predicted octanol–water partition coefficient (Wildman–Crippen LogP) is 4.01. The molecule has 0 aliphatic rings. The van der Waals surface area contributed by atoms with Gasteiger partial charge in [-0.3, -0.25) is 4.57 Å². The van der Waals surface area contributed by atoms with E-state index in [-0.39, 0.29) is 5.82 Å². The van der Waals surface area contributed by atoms with Gasteiger partial charge in [-0.15, -0.1) is 11.6 Å². The Morgan fingerprint density at radius 2 is 2.22 bits per heavy atom. The molecular formula is C13H10ClFN2S. The summed E-state index contributed by atoms with van der Waals surface area (Å²) in [7, 11) is 0. The summed E-state index contributed by atoms with van der Waals surface area (Å²) in [5.74, 6) is 1.11. The van der Waals surface area contributed by atoms with Crippen LogP contribution in [0.4, 0.5) is 4.39 Å². The van der Waals surface area contributed by atoms with Crippen LogP contribution in [0.15, 0.2) is 35.0 Å². The summed E-state index contributed by atoms with van der Waals surface area (Å²) in [4.78, 5) is 4.52. The summed E-state index contributed by atoms with van der Waals surface area (Å²) in [6, 6.07) is 6.63. The molecule has 0 fully saturated rings. The minimum atomic E-state index is -0.253. The first-order chi connectivity index (χ1) is 8.79. The Hall–Kier alpha value is -1.39. The van der Waals surface area contributed by atoms with Crippen LogP contribution in [0.25, 0.3) is 16.7 Å². The molecule has 0 saturated heterocycles. The molecule has 3 aromatic rings. The summed E-state index contributed by atoms with van der Waals surface area (Å²) in [6.07, 6.45) is 0.660. The van der Waals surface area contributed by atoms with Crippen molar-refractivity contribution in [1.82, 2.24) is 9.55 Å². The van der Waals surface area contributed by atoms with E-state index in [1.54, 1.807) is 17.4 Å². The lowest BCUT2D eigenvalue weighted by Gasteiger charge is -2.05. The van der Waals surface area contributed by atoms with Crippen molar-refractivity contribution in [2.45, 2.75) is 6.42 Å². The van der Waals surface area contributed by atoms with Crippen molar-refractivity contribution < 1.29 is 4.39 Å². The summed E-state index contributed by atoms with van der Waals surface area (Å²) < 4.78 is 15.4. The van der Waals surface area contributed by atoms with Gasteiger partial charge in [0.05, 0.1) is 16.7 Å².